The first-order chi connectivity index (χ1) is 17.0. The molecule has 2 aromatic rings. The Balaban J connectivity index is 1.48. The number of carbonyl (C=O) groups excluding carboxylic acids is 4. The van der Waals surface area contributed by atoms with Gasteiger partial charge in [-0.05, 0) is 31.0 Å². The number of nitrogens with one attached hydrogen (secondary N) is 1. The first-order valence-corrected chi connectivity index (χ1v) is 11.5. The van der Waals surface area contributed by atoms with Gasteiger partial charge < -0.3 is 24.6 Å². The number of nitrogens with zero attached hydrogens (tertiary/aromatic N) is 3. The van der Waals surface area contributed by atoms with E-state index in [1.807, 2.05) is 0 Å². The molecule has 3 aliphatic rings. The van der Waals surface area contributed by atoms with Crippen molar-refractivity contribution < 1.29 is 28.7 Å². The molecule has 3 aliphatic heterocycles. The number of fused-ring (bicyclic) bond motifs is 5. The molecule has 1 fully saturated rings. The van der Waals surface area contributed by atoms with E-state index in [-0.39, 0.29) is 42.1 Å². The van der Waals surface area contributed by atoms with E-state index in [2.05, 4.69) is 5.32 Å². The molecule has 10 nitrogen and oxygen atoms in total. The molecule has 1 atom stereocenters. The highest BCUT2D eigenvalue weighted by atomic mass is 16.5. The minimum atomic E-state index is -0.834. The van der Waals surface area contributed by atoms with Crippen LogP contribution in [0.3, 0.4) is 0 Å². The summed E-state index contributed by atoms with van der Waals surface area (Å²) >= 11 is 0. The topological polar surface area (TPSA) is 108 Å². The summed E-state index contributed by atoms with van der Waals surface area (Å²) in [5.74, 6) is -0.690. The van der Waals surface area contributed by atoms with Crippen LogP contribution in [0, 0.1) is 0 Å². The van der Waals surface area contributed by atoms with Crippen molar-refractivity contribution in [2.75, 3.05) is 45.3 Å². The predicted molar refractivity (Wildman–Crippen MR) is 125 cm³/mol. The average molecular weight is 479 g/mol. The van der Waals surface area contributed by atoms with Crippen LogP contribution in [0.5, 0.6) is 11.5 Å². The molecule has 5 rings (SSSR count). The molecule has 0 aromatic heterocycles. The number of anilines is 1. The lowest BCUT2D eigenvalue weighted by atomic mass is 10.0. The van der Waals surface area contributed by atoms with Gasteiger partial charge >= 0.3 is 0 Å². The fourth-order valence-corrected chi connectivity index (χ4v) is 5.05. The molecular formula is C25H26N4O6. The molecule has 0 spiro atoms. The van der Waals surface area contributed by atoms with E-state index in [9.17, 15) is 19.2 Å². The van der Waals surface area contributed by atoms with Crippen LogP contribution >= 0.6 is 0 Å². The van der Waals surface area contributed by atoms with Crippen molar-refractivity contribution in [1.82, 2.24) is 15.1 Å². The Morgan fingerprint density at radius 1 is 1.00 bits per heavy atom. The van der Waals surface area contributed by atoms with E-state index in [1.54, 1.807) is 41.3 Å². The Kier molecular flexibility index (Phi) is 5.80. The highest BCUT2D eigenvalue weighted by Gasteiger charge is 2.50. The first-order valence-electron chi connectivity index (χ1n) is 11.5. The van der Waals surface area contributed by atoms with Gasteiger partial charge in [-0.15, -0.1) is 0 Å². The minimum Gasteiger partial charge on any atom is -0.493 e. The number of amides is 4. The van der Waals surface area contributed by atoms with Gasteiger partial charge in [0.1, 0.15) is 12.7 Å². The Hall–Kier alpha value is -4.08. The van der Waals surface area contributed by atoms with Crippen LogP contribution in [0.4, 0.5) is 5.69 Å². The molecule has 10 heteroatoms. The third-order valence-electron chi connectivity index (χ3n) is 6.69. The van der Waals surface area contributed by atoms with E-state index in [0.29, 0.717) is 35.7 Å². The molecule has 0 bridgehead atoms. The first kappa shape index (κ1) is 22.7. The van der Waals surface area contributed by atoms with Crippen LogP contribution in [0.15, 0.2) is 36.4 Å². The number of methoxy groups -OCH3 is 2. The van der Waals surface area contributed by atoms with Crippen LogP contribution in [0.2, 0.25) is 0 Å². The quantitative estimate of drug-likeness (QED) is 0.675. The van der Waals surface area contributed by atoms with Crippen molar-refractivity contribution in [2.45, 2.75) is 19.0 Å². The third-order valence-corrected chi connectivity index (χ3v) is 6.69. The molecule has 0 radical (unpaired) electrons. The summed E-state index contributed by atoms with van der Waals surface area (Å²) in [5.41, 5.74) is 1.61. The Morgan fingerprint density at radius 2 is 1.74 bits per heavy atom. The fourth-order valence-electron chi connectivity index (χ4n) is 5.05. The maximum absolute atomic E-state index is 13.6. The average Bonchev–Trinajstić information content (AvgIpc) is 3.52. The van der Waals surface area contributed by atoms with Gasteiger partial charge in [0.05, 0.1) is 37.6 Å². The summed E-state index contributed by atoms with van der Waals surface area (Å²) in [7, 11) is 2.93. The summed E-state index contributed by atoms with van der Waals surface area (Å²) < 4.78 is 10.9. The van der Waals surface area contributed by atoms with Crippen molar-refractivity contribution >= 4 is 29.3 Å². The third kappa shape index (κ3) is 3.65. The number of hydrogen-bond donors (Lipinski definition) is 1. The molecule has 35 heavy (non-hydrogen) atoms. The lowest BCUT2D eigenvalue weighted by Crippen LogP contribution is -2.52. The lowest BCUT2D eigenvalue weighted by Gasteiger charge is -2.40. The monoisotopic (exact) mass is 478 g/mol. The molecule has 1 saturated heterocycles. The molecule has 182 valence electrons. The van der Waals surface area contributed by atoms with Gasteiger partial charge in [-0.2, -0.15) is 0 Å². The van der Waals surface area contributed by atoms with Crippen molar-refractivity contribution in [3.63, 3.8) is 0 Å². The second kappa shape index (κ2) is 8.94. The second-order valence-electron chi connectivity index (χ2n) is 8.63. The summed E-state index contributed by atoms with van der Waals surface area (Å²) in [6.07, 6.45) is 1.08. The Bertz CT molecular complexity index is 1220. The number of hydrogen-bond acceptors (Lipinski definition) is 6. The van der Waals surface area contributed by atoms with Gasteiger partial charge in [0.15, 0.2) is 11.5 Å². The molecule has 3 heterocycles. The van der Waals surface area contributed by atoms with Gasteiger partial charge in [-0.3, -0.25) is 24.1 Å². The number of benzene rings is 2. The van der Waals surface area contributed by atoms with Crippen molar-refractivity contribution in [2.24, 2.45) is 0 Å². The summed E-state index contributed by atoms with van der Waals surface area (Å²) in [5, 5.41) is 2.63. The van der Waals surface area contributed by atoms with Crippen LogP contribution < -0.4 is 19.7 Å². The van der Waals surface area contributed by atoms with Gasteiger partial charge in [0.2, 0.25) is 11.8 Å². The normalized spacial score (nSPS) is 18.2. The van der Waals surface area contributed by atoms with Gasteiger partial charge in [-0.1, -0.05) is 18.2 Å². The van der Waals surface area contributed by atoms with Gasteiger partial charge in [-0.25, -0.2) is 0 Å². The van der Waals surface area contributed by atoms with E-state index in [0.717, 1.165) is 12.8 Å². The van der Waals surface area contributed by atoms with Crippen LogP contribution in [0.1, 0.15) is 45.3 Å². The molecule has 2 aromatic carbocycles. The minimum absolute atomic E-state index is 0.133. The Morgan fingerprint density at radius 3 is 2.46 bits per heavy atom. The van der Waals surface area contributed by atoms with Crippen LogP contribution in [-0.4, -0.2) is 73.8 Å². The van der Waals surface area contributed by atoms with Crippen molar-refractivity contribution in [3.8, 4) is 11.5 Å². The fraction of sp³-hybridized carbons (Fsp3) is 0.360. The predicted octanol–water partition coefficient (Wildman–Crippen LogP) is 1.56. The number of ether oxygens (including phenoxy) is 2. The maximum atomic E-state index is 13.6. The zero-order chi connectivity index (χ0) is 24.7. The zero-order valence-electron chi connectivity index (χ0n) is 19.6. The number of likely N-dealkylation sites (tertiary alicyclic amines) is 1. The SMILES string of the molecule is COc1ccc2c(c1OC)C(=O)N1c3ccccc3C(=O)N(CC(=O)NCC(=O)N3CCCC3)C21. The number of carbonyl (C=O) groups is 4. The Labute approximate surface area is 202 Å². The van der Waals surface area contributed by atoms with Gasteiger partial charge in [0.25, 0.3) is 11.8 Å². The number of para-hydroxylation sites is 1. The van der Waals surface area contributed by atoms with Gasteiger partial charge in [0, 0.05) is 18.7 Å². The zero-order valence-corrected chi connectivity index (χ0v) is 19.6. The second-order valence-corrected chi connectivity index (χ2v) is 8.63. The lowest BCUT2D eigenvalue weighted by molar-refractivity contribution is -0.132. The summed E-state index contributed by atoms with van der Waals surface area (Å²) in [6, 6.07) is 10.2. The highest BCUT2D eigenvalue weighted by molar-refractivity contribution is 6.18. The van der Waals surface area contributed by atoms with Crippen LogP contribution in [0.25, 0.3) is 0 Å². The molecule has 0 saturated carbocycles. The molecule has 1 unspecified atom stereocenters. The maximum Gasteiger partial charge on any atom is 0.264 e. The molecular weight excluding hydrogens is 452 g/mol. The van der Waals surface area contributed by atoms with Crippen molar-refractivity contribution in [1.29, 1.82) is 0 Å². The van der Waals surface area contributed by atoms with Crippen molar-refractivity contribution in [3.05, 3.63) is 53.1 Å². The largest absolute Gasteiger partial charge is 0.493 e. The van der Waals surface area contributed by atoms with E-state index in [1.165, 1.54) is 24.0 Å². The number of rotatable bonds is 6. The molecule has 1 N–H and O–H groups in total. The standard InChI is InChI=1S/C25H26N4O6/c1-34-18-10-9-16-21(22(18)35-2)25(33)29-17-8-4-3-7-15(17)24(32)28(23(16)29)14-19(30)26-13-20(31)27-11-5-6-12-27/h3-4,7-10,23H,5-6,11-14H2,1-2H3,(H,26,30). The summed E-state index contributed by atoms with van der Waals surface area (Å²) in [4.78, 5) is 56.9. The smallest absolute Gasteiger partial charge is 0.264 e. The molecule has 4 amide bonds. The molecule has 0 aliphatic carbocycles. The van der Waals surface area contributed by atoms with Crippen LogP contribution in [-0.2, 0) is 9.59 Å². The van der Waals surface area contributed by atoms with E-state index >= 15 is 0 Å². The van der Waals surface area contributed by atoms with E-state index in [4.69, 9.17) is 9.47 Å². The highest BCUT2D eigenvalue weighted by Crippen LogP contribution is 2.49. The summed E-state index contributed by atoms with van der Waals surface area (Å²) in [6.45, 7) is 0.934. The van der Waals surface area contributed by atoms with E-state index < -0.39 is 12.1 Å².